The van der Waals surface area contributed by atoms with E-state index in [9.17, 15) is 13.2 Å². The van der Waals surface area contributed by atoms with E-state index in [1.807, 2.05) is 20.8 Å². The molecule has 8 heteroatoms. The van der Waals surface area contributed by atoms with Crippen molar-refractivity contribution >= 4 is 16.1 Å². The molecule has 0 aliphatic heterocycles. The number of carbonyl (C=O) groups is 1. The lowest BCUT2D eigenvalue weighted by Crippen LogP contribution is -2.51. The summed E-state index contributed by atoms with van der Waals surface area (Å²) in [5, 5.41) is 0. The normalized spacial score (nSPS) is 13.6. The van der Waals surface area contributed by atoms with Gasteiger partial charge in [0.1, 0.15) is 32.8 Å². The molecule has 0 aliphatic rings. The molecule has 0 saturated carbocycles. The molecule has 0 aromatic carbocycles. The summed E-state index contributed by atoms with van der Waals surface area (Å²) in [6.07, 6.45) is 0.619. The molecular formula is C15H30NO6S+. The molecule has 0 aromatic heterocycles. The zero-order valence-corrected chi connectivity index (χ0v) is 15.4. The summed E-state index contributed by atoms with van der Waals surface area (Å²) in [6.45, 7) is 12.9. The SMILES string of the molecule is C=C(C)C(=O)OCCO[N+](CC)(CC)CC(CC)CS(=O)(=O)O. The van der Waals surface area contributed by atoms with Gasteiger partial charge >= 0.3 is 5.97 Å². The van der Waals surface area contributed by atoms with Crippen molar-refractivity contribution in [3.05, 3.63) is 12.2 Å². The Bertz CT molecular complexity index is 484. The van der Waals surface area contributed by atoms with Crippen molar-refractivity contribution in [1.82, 2.24) is 0 Å². The van der Waals surface area contributed by atoms with Gasteiger partial charge in [-0.3, -0.25) is 4.55 Å². The largest absolute Gasteiger partial charge is 0.460 e. The first-order chi connectivity index (χ1) is 10.6. The molecule has 0 saturated heterocycles. The molecular weight excluding hydrogens is 322 g/mol. The van der Waals surface area contributed by atoms with Crippen LogP contribution in [0.25, 0.3) is 0 Å². The molecule has 0 radical (unpaired) electrons. The van der Waals surface area contributed by atoms with E-state index in [0.29, 0.717) is 31.6 Å². The fourth-order valence-electron chi connectivity index (χ4n) is 2.27. The molecule has 0 bridgehead atoms. The summed E-state index contributed by atoms with van der Waals surface area (Å²) < 4.78 is 36.5. The molecule has 1 unspecified atom stereocenters. The number of esters is 1. The monoisotopic (exact) mass is 352 g/mol. The quantitative estimate of drug-likeness (QED) is 0.144. The van der Waals surface area contributed by atoms with E-state index >= 15 is 0 Å². The van der Waals surface area contributed by atoms with E-state index in [2.05, 4.69) is 6.58 Å². The van der Waals surface area contributed by atoms with Crippen LogP contribution in [0.1, 0.15) is 34.1 Å². The lowest BCUT2D eigenvalue weighted by atomic mass is 10.1. The van der Waals surface area contributed by atoms with Gasteiger partial charge in [0.25, 0.3) is 10.1 Å². The Kier molecular flexibility index (Phi) is 9.60. The molecule has 0 fully saturated rings. The predicted octanol–water partition coefficient (Wildman–Crippen LogP) is 1.81. The number of hydrogen-bond donors (Lipinski definition) is 1. The van der Waals surface area contributed by atoms with E-state index in [1.165, 1.54) is 0 Å². The molecule has 7 nitrogen and oxygen atoms in total. The average Bonchev–Trinajstić information content (AvgIpc) is 2.47. The maximum atomic E-state index is 11.3. The zero-order valence-electron chi connectivity index (χ0n) is 14.6. The topological polar surface area (TPSA) is 89.9 Å². The Morgan fingerprint density at radius 1 is 1.22 bits per heavy atom. The van der Waals surface area contributed by atoms with Crippen LogP contribution in [0.2, 0.25) is 0 Å². The third kappa shape index (κ3) is 9.04. The zero-order chi connectivity index (χ0) is 18.1. The second-order valence-electron chi connectivity index (χ2n) is 5.65. The fraction of sp³-hybridized carbons (Fsp3) is 0.800. The summed E-state index contributed by atoms with van der Waals surface area (Å²) >= 11 is 0. The number of carbonyl (C=O) groups excluding carboxylic acids is 1. The van der Waals surface area contributed by atoms with Gasteiger partial charge in [0.05, 0.1) is 5.75 Å². The third-order valence-corrected chi connectivity index (χ3v) is 4.69. The molecule has 0 aromatic rings. The van der Waals surface area contributed by atoms with Crippen molar-refractivity contribution < 1.29 is 32.0 Å². The van der Waals surface area contributed by atoms with Gasteiger partial charge in [-0.1, -0.05) is 13.5 Å². The summed E-state index contributed by atoms with van der Waals surface area (Å²) in [6, 6.07) is 0. The van der Waals surface area contributed by atoms with Crippen LogP contribution in [-0.2, 0) is 24.5 Å². The first kappa shape index (κ1) is 22.0. The highest BCUT2D eigenvalue weighted by Crippen LogP contribution is 2.17. The Labute approximate surface area is 139 Å². The molecule has 0 heterocycles. The van der Waals surface area contributed by atoms with Gasteiger partial charge in [-0.2, -0.15) is 17.9 Å². The van der Waals surface area contributed by atoms with Crippen molar-refractivity contribution in [1.29, 1.82) is 0 Å². The lowest BCUT2D eigenvalue weighted by molar-refractivity contribution is -1.10. The lowest BCUT2D eigenvalue weighted by Gasteiger charge is -2.36. The van der Waals surface area contributed by atoms with E-state index in [0.717, 1.165) is 0 Å². The van der Waals surface area contributed by atoms with E-state index in [1.54, 1.807) is 6.92 Å². The smallest absolute Gasteiger partial charge is 0.333 e. The molecule has 0 aliphatic carbocycles. The molecule has 1 N–H and O–H groups in total. The van der Waals surface area contributed by atoms with Crippen LogP contribution in [0, 0.1) is 5.92 Å². The van der Waals surface area contributed by atoms with Crippen molar-refractivity contribution in [2.24, 2.45) is 5.92 Å². The fourth-order valence-corrected chi connectivity index (χ4v) is 3.21. The first-order valence-corrected chi connectivity index (χ1v) is 9.48. The second-order valence-corrected chi connectivity index (χ2v) is 7.14. The van der Waals surface area contributed by atoms with Crippen molar-refractivity contribution in [2.45, 2.75) is 34.1 Å². The van der Waals surface area contributed by atoms with E-state index in [-0.39, 0.29) is 29.5 Å². The molecule has 136 valence electrons. The van der Waals surface area contributed by atoms with Crippen LogP contribution < -0.4 is 0 Å². The Balaban J connectivity index is 4.65. The van der Waals surface area contributed by atoms with Gasteiger partial charge < -0.3 is 4.74 Å². The van der Waals surface area contributed by atoms with Crippen LogP contribution in [0.4, 0.5) is 0 Å². The second kappa shape index (κ2) is 10.0. The van der Waals surface area contributed by atoms with E-state index in [4.69, 9.17) is 14.1 Å². The minimum absolute atomic E-state index is 0.112. The van der Waals surface area contributed by atoms with Crippen molar-refractivity contribution in [3.63, 3.8) is 0 Å². The van der Waals surface area contributed by atoms with Crippen LogP contribution in [0.5, 0.6) is 0 Å². The van der Waals surface area contributed by atoms with Crippen molar-refractivity contribution in [2.75, 3.05) is 38.6 Å². The highest BCUT2D eigenvalue weighted by atomic mass is 32.2. The van der Waals surface area contributed by atoms with Crippen LogP contribution >= 0.6 is 0 Å². The highest BCUT2D eigenvalue weighted by Gasteiger charge is 2.31. The standard InChI is InChI=1S/C15H29NO6S/c1-6-14(12-23(18,19)20)11-16(7-2,8-3)22-10-9-21-15(17)13(4)5/h14H,4,6-12H2,1-3,5H3/p+1. The molecule has 0 spiro atoms. The molecule has 0 rings (SSSR count). The molecule has 1 atom stereocenters. The minimum Gasteiger partial charge on any atom is -0.460 e. The predicted molar refractivity (Wildman–Crippen MR) is 88.1 cm³/mol. The van der Waals surface area contributed by atoms with Gasteiger partial charge in [-0.15, -0.1) is 0 Å². The van der Waals surface area contributed by atoms with Crippen LogP contribution in [-0.4, -0.2) is 62.2 Å². The van der Waals surface area contributed by atoms with Gasteiger partial charge in [0, 0.05) is 11.5 Å². The number of hydrogen-bond acceptors (Lipinski definition) is 5. The maximum absolute atomic E-state index is 11.3. The van der Waals surface area contributed by atoms with E-state index < -0.39 is 16.1 Å². The Morgan fingerprint density at radius 3 is 2.17 bits per heavy atom. The molecule has 0 amide bonds. The van der Waals surface area contributed by atoms with Crippen LogP contribution in [0.3, 0.4) is 0 Å². The number of ether oxygens (including phenoxy) is 1. The number of rotatable bonds is 12. The van der Waals surface area contributed by atoms with Gasteiger partial charge in [-0.05, 0) is 27.2 Å². The number of nitrogens with zero attached hydrogens (tertiary/aromatic N) is 1. The maximum Gasteiger partial charge on any atom is 0.333 e. The number of hydroxylamine groups is 3. The van der Waals surface area contributed by atoms with Crippen LogP contribution in [0.15, 0.2) is 12.2 Å². The summed E-state index contributed by atoms with van der Waals surface area (Å²) in [4.78, 5) is 17.2. The average molecular weight is 352 g/mol. The first-order valence-electron chi connectivity index (χ1n) is 7.87. The third-order valence-electron chi connectivity index (χ3n) is 3.80. The molecule has 23 heavy (non-hydrogen) atoms. The number of quaternary nitrogens is 1. The Hall–Kier alpha value is -0.960. The van der Waals surface area contributed by atoms with Gasteiger partial charge in [-0.25, -0.2) is 4.79 Å². The van der Waals surface area contributed by atoms with Crippen molar-refractivity contribution in [3.8, 4) is 0 Å². The summed E-state index contributed by atoms with van der Waals surface area (Å²) in [5.74, 6) is -0.947. The highest BCUT2D eigenvalue weighted by molar-refractivity contribution is 7.85. The summed E-state index contributed by atoms with van der Waals surface area (Å²) in [5.41, 5.74) is 0.330. The van der Waals surface area contributed by atoms with Gasteiger partial charge in [0.15, 0.2) is 0 Å². The minimum atomic E-state index is -4.01. The van der Waals surface area contributed by atoms with Gasteiger partial charge in [0.2, 0.25) is 0 Å². The Morgan fingerprint density at radius 2 is 1.78 bits per heavy atom. The summed E-state index contributed by atoms with van der Waals surface area (Å²) in [7, 11) is -4.01.